The number of thioether (sulfide) groups is 2. The topological polar surface area (TPSA) is 131 Å². The van der Waals surface area contributed by atoms with E-state index in [1.165, 1.54) is 11.1 Å². The number of nitrogens with zero attached hydrogens (tertiary/aromatic N) is 1. The first-order valence-electron chi connectivity index (χ1n) is 10.9. The zero-order valence-electron chi connectivity index (χ0n) is 19.7. The van der Waals surface area contributed by atoms with Crippen LogP contribution in [0.15, 0.2) is 42.2 Å². The molecular formula is C23H27N3O7S2. The third-order valence-corrected chi connectivity index (χ3v) is 7.04. The van der Waals surface area contributed by atoms with Crippen LogP contribution in [0.4, 0.5) is 4.79 Å². The first-order valence-corrected chi connectivity index (χ1v) is 12.8. The van der Waals surface area contributed by atoms with Crippen LogP contribution in [0.2, 0.25) is 0 Å². The summed E-state index contributed by atoms with van der Waals surface area (Å²) < 4.78 is 10.5. The number of hydrogen-bond donors (Lipinski definition) is 2. The standard InChI is InChI=1S/C23H27N3O7S2/c1-5-34-22(31)24-14-11-26-19(29)15(20(26)35-17(14)21(30)33-23(2,3)4)25-18(28)16(32-12-27)13-9-7-6-8-10-13/h6-12,15-17,20H,5H2,1-4H3,(H,24,31)(H,25,28)/t15?,16?,17?,20-/m1/s1. The van der Waals surface area contributed by atoms with Crippen molar-refractivity contribution in [3.05, 3.63) is 47.8 Å². The second-order valence-corrected chi connectivity index (χ2v) is 11.1. The highest BCUT2D eigenvalue weighted by molar-refractivity contribution is 8.13. The quantitative estimate of drug-likeness (QED) is 0.301. The van der Waals surface area contributed by atoms with Gasteiger partial charge in [0.1, 0.15) is 22.3 Å². The van der Waals surface area contributed by atoms with Gasteiger partial charge in [-0.25, -0.2) is 0 Å². The van der Waals surface area contributed by atoms with Crippen molar-refractivity contribution < 1.29 is 33.4 Å². The fraction of sp³-hybridized carbons (Fsp3) is 0.435. The molecule has 0 radical (unpaired) electrons. The van der Waals surface area contributed by atoms with Gasteiger partial charge in [0.05, 0.1) is 5.70 Å². The van der Waals surface area contributed by atoms with Gasteiger partial charge in [0, 0.05) is 11.8 Å². The van der Waals surface area contributed by atoms with E-state index in [-0.39, 0.29) is 17.4 Å². The number of amides is 3. The summed E-state index contributed by atoms with van der Waals surface area (Å²) >= 11 is 2.12. The minimum absolute atomic E-state index is 0.173. The van der Waals surface area contributed by atoms with E-state index in [9.17, 15) is 24.0 Å². The molecule has 35 heavy (non-hydrogen) atoms. The van der Waals surface area contributed by atoms with Gasteiger partial charge in [0.15, 0.2) is 0 Å². The molecule has 10 nitrogen and oxygen atoms in total. The molecule has 2 N–H and O–H groups in total. The molecule has 2 heterocycles. The Morgan fingerprint density at radius 2 is 1.91 bits per heavy atom. The summed E-state index contributed by atoms with van der Waals surface area (Å²) in [4.78, 5) is 63.2. The molecule has 1 fully saturated rings. The largest absolute Gasteiger partial charge is 0.459 e. The molecule has 1 aromatic rings. The summed E-state index contributed by atoms with van der Waals surface area (Å²) in [6, 6.07) is 7.44. The lowest BCUT2D eigenvalue weighted by molar-refractivity contribution is -0.154. The Labute approximate surface area is 211 Å². The summed E-state index contributed by atoms with van der Waals surface area (Å²) in [5, 5.41) is 3.41. The molecule has 0 aromatic heterocycles. The monoisotopic (exact) mass is 521 g/mol. The third kappa shape index (κ3) is 6.37. The molecule has 3 amide bonds. The van der Waals surface area contributed by atoms with E-state index >= 15 is 0 Å². The second kappa shape index (κ2) is 11.2. The lowest BCUT2D eigenvalue weighted by Gasteiger charge is -2.49. The Hall–Kier alpha value is -2.99. The Balaban J connectivity index is 1.80. The molecule has 0 aliphatic carbocycles. The number of rotatable bonds is 8. The SMILES string of the molecule is CCSC(=O)NC1=CN2C(=O)C(NC(=O)C(OC=O)c3ccccc3)[C@H]2SC1C(=O)OC(C)(C)C. The van der Waals surface area contributed by atoms with Crippen LogP contribution in [0.25, 0.3) is 0 Å². The summed E-state index contributed by atoms with van der Waals surface area (Å²) in [6.07, 6.45) is 0.174. The summed E-state index contributed by atoms with van der Waals surface area (Å²) in [5.74, 6) is -1.13. The molecule has 4 atom stereocenters. The molecule has 0 bridgehead atoms. The Kier molecular flexibility index (Phi) is 8.49. The van der Waals surface area contributed by atoms with Gasteiger partial charge in [-0.05, 0) is 26.5 Å². The maximum Gasteiger partial charge on any atom is 0.325 e. The van der Waals surface area contributed by atoms with E-state index in [1.54, 1.807) is 51.1 Å². The molecule has 12 heteroatoms. The highest BCUT2D eigenvalue weighted by Gasteiger charge is 2.54. The van der Waals surface area contributed by atoms with Gasteiger partial charge in [-0.15, -0.1) is 11.8 Å². The molecule has 188 valence electrons. The van der Waals surface area contributed by atoms with Crippen LogP contribution >= 0.6 is 23.5 Å². The maximum absolute atomic E-state index is 12.9. The molecule has 0 spiro atoms. The smallest absolute Gasteiger partial charge is 0.325 e. The van der Waals surface area contributed by atoms with Crippen molar-refractivity contribution in [1.82, 2.24) is 15.5 Å². The summed E-state index contributed by atoms with van der Waals surface area (Å²) in [7, 11) is 0. The molecule has 2 aliphatic heterocycles. The van der Waals surface area contributed by atoms with Crippen molar-refractivity contribution in [2.75, 3.05) is 5.75 Å². The van der Waals surface area contributed by atoms with Crippen molar-refractivity contribution in [3.8, 4) is 0 Å². The molecular weight excluding hydrogens is 494 g/mol. The van der Waals surface area contributed by atoms with Crippen molar-refractivity contribution in [3.63, 3.8) is 0 Å². The van der Waals surface area contributed by atoms with Gasteiger partial charge < -0.3 is 25.0 Å². The molecule has 2 aliphatic rings. The number of fused-ring (bicyclic) bond motifs is 1. The lowest BCUT2D eigenvalue weighted by Crippen LogP contribution is -2.70. The van der Waals surface area contributed by atoms with Crippen molar-refractivity contribution in [2.24, 2.45) is 0 Å². The van der Waals surface area contributed by atoms with Crippen LogP contribution in [0.5, 0.6) is 0 Å². The first-order chi connectivity index (χ1) is 16.6. The molecule has 0 saturated carbocycles. The molecule has 1 aromatic carbocycles. The highest BCUT2D eigenvalue weighted by Crippen LogP contribution is 2.41. The van der Waals surface area contributed by atoms with Crippen molar-refractivity contribution in [2.45, 2.75) is 56.1 Å². The number of benzene rings is 1. The Bertz CT molecular complexity index is 1030. The van der Waals surface area contributed by atoms with E-state index < -0.39 is 46.2 Å². The second-order valence-electron chi connectivity index (χ2n) is 8.62. The van der Waals surface area contributed by atoms with Gasteiger partial charge in [-0.2, -0.15) is 0 Å². The maximum atomic E-state index is 12.9. The predicted octanol–water partition coefficient (Wildman–Crippen LogP) is 2.31. The fourth-order valence-corrected chi connectivity index (χ4v) is 5.25. The minimum Gasteiger partial charge on any atom is -0.459 e. The van der Waals surface area contributed by atoms with E-state index in [2.05, 4.69) is 10.6 Å². The summed E-state index contributed by atoms with van der Waals surface area (Å²) in [6.45, 7) is 7.18. The number of ether oxygens (including phenoxy) is 2. The lowest BCUT2D eigenvalue weighted by atomic mass is 10.0. The Morgan fingerprint density at radius 3 is 2.51 bits per heavy atom. The number of hydrogen-bond acceptors (Lipinski definition) is 9. The number of nitrogens with one attached hydrogen (secondary N) is 2. The van der Waals surface area contributed by atoms with E-state index in [0.717, 1.165) is 23.5 Å². The van der Waals surface area contributed by atoms with Crippen LogP contribution in [0, 0.1) is 0 Å². The predicted molar refractivity (Wildman–Crippen MR) is 131 cm³/mol. The van der Waals surface area contributed by atoms with Crippen molar-refractivity contribution >= 4 is 53.0 Å². The van der Waals surface area contributed by atoms with Gasteiger partial charge in [-0.3, -0.25) is 24.0 Å². The number of carbonyl (C=O) groups is 5. The normalized spacial score (nSPS) is 22.1. The zero-order valence-corrected chi connectivity index (χ0v) is 21.3. The molecule has 3 unspecified atom stereocenters. The summed E-state index contributed by atoms with van der Waals surface area (Å²) in [5.41, 5.74) is -0.0850. The third-order valence-electron chi connectivity index (χ3n) is 4.89. The number of esters is 1. The van der Waals surface area contributed by atoms with Crippen LogP contribution in [-0.2, 0) is 28.7 Å². The first kappa shape index (κ1) is 26.6. The minimum atomic E-state index is -1.23. The zero-order chi connectivity index (χ0) is 25.8. The fourth-order valence-electron chi connectivity index (χ4n) is 3.46. The van der Waals surface area contributed by atoms with Gasteiger partial charge in [0.25, 0.3) is 23.5 Å². The molecule has 3 rings (SSSR count). The van der Waals surface area contributed by atoms with E-state index in [1.807, 2.05) is 6.92 Å². The van der Waals surface area contributed by atoms with Gasteiger partial charge in [-0.1, -0.05) is 49.0 Å². The van der Waals surface area contributed by atoms with E-state index in [0.29, 0.717) is 11.3 Å². The van der Waals surface area contributed by atoms with Crippen LogP contribution < -0.4 is 10.6 Å². The van der Waals surface area contributed by atoms with Crippen LogP contribution in [-0.4, -0.2) is 62.4 Å². The average Bonchev–Trinajstić information content (AvgIpc) is 2.80. The van der Waals surface area contributed by atoms with Gasteiger partial charge in [0.2, 0.25) is 6.10 Å². The molecule has 1 saturated heterocycles. The van der Waals surface area contributed by atoms with E-state index in [4.69, 9.17) is 9.47 Å². The number of β-lactam (4-membered cyclic amide) rings is 1. The van der Waals surface area contributed by atoms with Crippen LogP contribution in [0.1, 0.15) is 39.4 Å². The number of carbonyl (C=O) groups excluding carboxylic acids is 5. The van der Waals surface area contributed by atoms with Crippen molar-refractivity contribution in [1.29, 1.82) is 0 Å². The highest BCUT2D eigenvalue weighted by atomic mass is 32.2. The van der Waals surface area contributed by atoms with Crippen LogP contribution in [0.3, 0.4) is 0 Å². The van der Waals surface area contributed by atoms with Gasteiger partial charge >= 0.3 is 5.97 Å². The Morgan fingerprint density at radius 1 is 1.23 bits per heavy atom. The average molecular weight is 522 g/mol.